The SMILES string of the molecule is COc1cc(CNC(=O)c2cccn(Cc3cccc(C)c3)c2=O)ccc1OCc1ccccc1. The second-order valence-corrected chi connectivity index (χ2v) is 8.29. The van der Waals surface area contributed by atoms with Crippen molar-refractivity contribution in [2.75, 3.05) is 7.11 Å². The molecule has 6 heteroatoms. The van der Waals surface area contributed by atoms with E-state index in [4.69, 9.17) is 9.47 Å². The summed E-state index contributed by atoms with van der Waals surface area (Å²) < 4.78 is 12.9. The highest BCUT2D eigenvalue weighted by molar-refractivity contribution is 5.93. The van der Waals surface area contributed by atoms with Crippen LogP contribution in [0.25, 0.3) is 0 Å². The zero-order valence-electron chi connectivity index (χ0n) is 19.9. The number of nitrogens with zero attached hydrogens (tertiary/aromatic N) is 1. The maximum atomic E-state index is 12.9. The Morgan fingerprint density at radius 2 is 1.66 bits per heavy atom. The Balaban J connectivity index is 1.41. The molecule has 178 valence electrons. The van der Waals surface area contributed by atoms with Crippen LogP contribution < -0.4 is 20.3 Å². The first-order valence-corrected chi connectivity index (χ1v) is 11.4. The number of aromatic nitrogens is 1. The Bertz CT molecular complexity index is 1360. The lowest BCUT2D eigenvalue weighted by Crippen LogP contribution is -2.32. The van der Waals surface area contributed by atoms with Crippen LogP contribution in [-0.2, 0) is 19.7 Å². The zero-order chi connectivity index (χ0) is 24.6. The molecule has 4 rings (SSSR count). The van der Waals surface area contributed by atoms with Crippen molar-refractivity contribution >= 4 is 5.91 Å². The third-order valence-electron chi connectivity index (χ3n) is 5.62. The minimum atomic E-state index is -0.419. The van der Waals surface area contributed by atoms with Gasteiger partial charge in [0.1, 0.15) is 12.2 Å². The smallest absolute Gasteiger partial charge is 0.263 e. The van der Waals surface area contributed by atoms with E-state index in [1.54, 1.807) is 30.0 Å². The van der Waals surface area contributed by atoms with Crippen molar-refractivity contribution in [1.82, 2.24) is 9.88 Å². The number of carbonyl (C=O) groups excluding carboxylic acids is 1. The summed E-state index contributed by atoms with van der Waals surface area (Å²) in [6, 6.07) is 26.6. The van der Waals surface area contributed by atoms with Crippen LogP contribution in [0.15, 0.2) is 95.9 Å². The van der Waals surface area contributed by atoms with Gasteiger partial charge >= 0.3 is 0 Å². The number of ether oxygens (including phenoxy) is 2. The van der Waals surface area contributed by atoms with Gasteiger partial charge in [0.25, 0.3) is 11.5 Å². The number of hydrogen-bond donors (Lipinski definition) is 1. The second-order valence-electron chi connectivity index (χ2n) is 8.29. The third-order valence-corrected chi connectivity index (χ3v) is 5.62. The third kappa shape index (κ3) is 6.18. The van der Waals surface area contributed by atoms with Gasteiger partial charge in [0.15, 0.2) is 11.5 Å². The number of aryl methyl sites for hydroxylation is 1. The Morgan fingerprint density at radius 3 is 2.43 bits per heavy atom. The summed E-state index contributed by atoms with van der Waals surface area (Å²) in [6.45, 7) is 3.09. The molecule has 0 fully saturated rings. The highest BCUT2D eigenvalue weighted by Crippen LogP contribution is 2.28. The van der Waals surface area contributed by atoms with E-state index in [1.165, 1.54) is 0 Å². The molecular weight excluding hydrogens is 440 g/mol. The molecule has 0 bridgehead atoms. The Morgan fingerprint density at radius 1 is 0.857 bits per heavy atom. The largest absolute Gasteiger partial charge is 0.493 e. The van der Waals surface area contributed by atoms with E-state index >= 15 is 0 Å². The van der Waals surface area contributed by atoms with Gasteiger partial charge in [0.2, 0.25) is 0 Å². The number of pyridine rings is 1. The van der Waals surface area contributed by atoms with Crippen LogP contribution in [0.5, 0.6) is 11.5 Å². The first-order valence-electron chi connectivity index (χ1n) is 11.4. The number of methoxy groups -OCH3 is 1. The van der Waals surface area contributed by atoms with Crippen LogP contribution in [0.3, 0.4) is 0 Å². The fraction of sp³-hybridized carbons (Fsp3) is 0.172. The summed E-state index contributed by atoms with van der Waals surface area (Å²) in [6.07, 6.45) is 1.69. The topological polar surface area (TPSA) is 69.6 Å². The number of benzene rings is 3. The van der Waals surface area contributed by atoms with E-state index in [2.05, 4.69) is 5.32 Å². The van der Waals surface area contributed by atoms with Gasteiger partial charge in [0.05, 0.1) is 13.7 Å². The van der Waals surface area contributed by atoms with E-state index in [1.807, 2.05) is 79.7 Å². The Hall–Kier alpha value is -4.32. The lowest BCUT2D eigenvalue weighted by molar-refractivity contribution is 0.0948. The molecule has 6 nitrogen and oxygen atoms in total. The highest BCUT2D eigenvalue weighted by atomic mass is 16.5. The molecular formula is C29H28N2O4. The Labute approximate surface area is 204 Å². The molecule has 0 saturated heterocycles. The zero-order valence-corrected chi connectivity index (χ0v) is 19.9. The standard InChI is InChI=1S/C29H28N2O4/c1-21-8-6-11-24(16-21)19-31-15-7-12-25(29(31)33)28(32)30-18-23-13-14-26(27(17-23)34-2)35-20-22-9-4-3-5-10-22/h3-17H,18-20H2,1-2H3,(H,30,32). The van der Waals surface area contributed by atoms with E-state index in [9.17, 15) is 9.59 Å². The first kappa shape index (κ1) is 23.8. The van der Waals surface area contributed by atoms with Crippen LogP contribution in [0.4, 0.5) is 0 Å². The number of rotatable bonds is 9. The molecule has 0 saturated carbocycles. The van der Waals surface area contributed by atoms with Crippen LogP contribution in [0, 0.1) is 6.92 Å². The summed E-state index contributed by atoms with van der Waals surface area (Å²) in [4.78, 5) is 25.7. The number of hydrogen-bond acceptors (Lipinski definition) is 4. The van der Waals surface area contributed by atoms with E-state index < -0.39 is 5.91 Å². The van der Waals surface area contributed by atoms with Crippen LogP contribution in [-0.4, -0.2) is 17.6 Å². The van der Waals surface area contributed by atoms with Crippen molar-refractivity contribution in [3.05, 3.63) is 129 Å². The molecule has 3 aromatic carbocycles. The van der Waals surface area contributed by atoms with Crippen molar-refractivity contribution in [3.63, 3.8) is 0 Å². The number of amides is 1. The first-order chi connectivity index (χ1) is 17.0. The monoisotopic (exact) mass is 468 g/mol. The van der Waals surface area contributed by atoms with Gasteiger partial charge in [-0.3, -0.25) is 9.59 Å². The molecule has 35 heavy (non-hydrogen) atoms. The number of carbonyl (C=O) groups is 1. The molecule has 0 spiro atoms. The van der Waals surface area contributed by atoms with E-state index in [-0.39, 0.29) is 17.7 Å². The van der Waals surface area contributed by atoms with Crippen molar-refractivity contribution in [3.8, 4) is 11.5 Å². The van der Waals surface area contributed by atoms with Gasteiger partial charge in [-0.1, -0.05) is 66.2 Å². The van der Waals surface area contributed by atoms with E-state index in [0.717, 1.165) is 22.3 Å². The summed E-state index contributed by atoms with van der Waals surface area (Å²) in [5.74, 6) is 0.776. The van der Waals surface area contributed by atoms with Crippen molar-refractivity contribution in [1.29, 1.82) is 0 Å². The summed E-state index contributed by atoms with van der Waals surface area (Å²) in [5, 5.41) is 2.84. The average molecular weight is 469 g/mol. The van der Waals surface area contributed by atoms with Crippen LogP contribution >= 0.6 is 0 Å². The average Bonchev–Trinajstić information content (AvgIpc) is 2.88. The highest BCUT2D eigenvalue weighted by Gasteiger charge is 2.13. The normalized spacial score (nSPS) is 10.6. The lowest BCUT2D eigenvalue weighted by Gasteiger charge is -2.13. The minimum absolute atomic E-state index is 0.106. The summed E-state index contributed by atoms with van der Waals surface area (Å²) in [7, 11) is 1.58. The molecule has 0 radical (unpaired) electrons. The molecule has 0 atom stereocenters. The van der Waals surface area contributed by atoms with Crippen LogP contribution in [0.1, 0.15) is 32.6 Å². The molecule has 0 aliphatic heterocycles. The Kier molecular flexibility index (Phi) is 7.63. The summed E-state index contributed by atoms with van der Waals surface area (Å²) >= 11 is 0. The van der Waals surface area contributed by atoms with Gasteiger partial charge in [-0.25, -0.2) is 0 Å². The second kappa shape index (κ2) is 11.2. The lowest BCUT2D eigenvalue weighted by atomic mass is 10.1. The maximum Gasteiger partial charge on any atom is 0.263 e. The fourth-order valence-electron chi connectivity index (χ4n) is 3.80. The number of nitrogens with one attached hydrogen (secondary N) is 1. The molecule has 0 aliphatic carbocycles. The van der Waals surface area contributed by atoms with Gasteiger partial charge in [-0.2, -0.15) is 0 Å². The maximum absolute atomic E-state index is 12.9. The fourth-order valence-corrected chi connectivity index (χ4v) is 3.80. The van der Waals surface area contributed by atoms with Crippen molar-refractivity contribution < 1.29 is 14.3 Å². The molecule has 1 aromatic heterocycles. The molecule has 0 unspecified atom stereocenters. The van der Waals surface area contributed by atoms with Crippen LogP contribution in [0.2, 0.25) is 0 Å². The predicted molar refractivity (Wildman–Crippen MR) is 136 cm³/mol. The molecule has 1 amide bonds. The molecule has 4 aromatic rings. The van der Waals surface area contributed by atoms with E-state index in [0.29, 0.717) is 24.7 Å². The van der Waals surface area contributed by atoms with Gasteiger partial charge in [0, 0.05) is 12.7 Å². The quantitative estimate of drug-likeness (QED) is 0.386. The molecule has 1 heterocycles. The predicted octanol–water partition coefficient (Wildman–Crippen LogP) is 4.72. The molecule has 1 N–H and O–H groups in total. The molecule has 0 aliphatic rings. The summed E-state index contributed by atoms with van der Waals surface area (Å²) in [5.41, 5.74) is 3.80. The van der Waals surface area contributed by atoms with Crippen molar-refractivity contribution in [2.45, 2.75) is 26.6 Å². The van der Waals surface area contributed by atoms with Gasteiger partial charge in [-0.15, -0.1) is 0 Å². The van der Waals surface area contributed by atoms with Crippen molar-refractivity contribution in [2.24, 2.45) is 0 Å². The van der Waals surface area contributed by atoms with Gasteiger partial charge in [-0.05, 0) is 47.9 Å². The minimum Gasteiger partial charge on any atom is -0.493 e. The van der Waals surface area contributed by atoms with Gasteiger partial charge < -0.3 is 19.4 Å².